The zero-order valence-electron chi connectivity index (χ0n) is 24.8. The topological polar surface area (TPSA) is 47.6 Å². The van der Waals surface area contributed by atoms with E-state index in [1.165, 1.54) is 53.9 Å². The Labute approximate surface area is 265 Å². The van der Waals surface area contributed by atoms with Gasteiger partial charge in [0.2, 0.25) is 0 Å². The first-order valence-corrected chi connectivity index (χ1v) is 15.4. The van der Waals surface area contributed by atoms with Crippen LogP contribution in [0.4, 0.5) is 0 Å². The van der Waals surface area contributed by atoms with Crippen molar-refractivity contribution in [2.45, 2.75) is 0 Å². The molecular weight excluding hydrogens is 556 g/mol. The van der Waals surface area contributed by atoms with Crippen molar-refractivity contribution in [3.8, 4) is 34.4 Å². The Morgan fingerprint density at radius 1 is 0.283 bits per heavy atom. The maximum absolute atomic E-state index is 10.4. The maximum atomic E-state index is 10.4. The number of hydrogen-bond acceptors (Lipinski definition) is 2. The van der Waals surface area contributed by atoms with Crippen molar-refractivity contribution in [2.75, 3.05) is 0 Å². The van der Waals surface area contributed by atoms with Crippen LogP contribution in [-0.4, -0.2) is 0 Å². The van der Waals surface area contributed by atoms with Gasteiger partial charge in [-0.2, -0.15) is 10.5 Å². The fourth-order valence-electron chi connectivity index (χ4n) is 7.41. The van der Waals surface area contributed by atoms with Crippen molar-refractivity contribution in [3.05, 3.63) is 157 Å². The van der Waals surface area contributed by atoms with E-state index in [2.05, 4.69) is 146 Å². The van der Waals surface area contributed by atoms with Crippen molar-refractivity contribution >= 4 is 64.6 Å². The predicted molar refractivity (Wildman–Crippen MR) is 192 cm³/mol. The van der Waals surface area contributed by atoms with Gasteiger partial charge in [0.15, 0.2) is 0 Å². The molecule has 0 heterocycles. The Balaban J connectivity index is 1.27. The molecule has 2 nitrogen and oxygen atoms in total. The summed E-state index contributed by atoms with van der Waals surface area (Å²) in [6.07, 6.45) is 0. The van der Waals surface area contributed by atoms with E-state index in [1.54, 1.807) is 0 Å². The molecule has 9 aromatic rings. The third kappa shape index (κ3) is 3.75. The van der Waals surface area contributed by atoms with Gasteiger partial charge < -0.3 is 0 Å². The van der Waals surface area contributed by atoms with Gasteiger partial charge >= 0.3 is 0 Å². The largest absolute Gasteiger partial charge is 0.192 e. The summed E-state index contributed by atoms with van der Waals surface area (Å²) >= 11 is 0. The normalized spacial score (nSPS) is 11.4. The minimum absolute atomic E-state index is 0.543. The van der Waals surface area contributed by atoms with Gasteiger partial charge in [0.1, 0.15) is 0 Å². The van der Waals surface area contributed by atoms with Crippen LogP contribution in [0.3, 0.4) is 0 Å². The Kier molecular flexibility index (Phi) is 5.66. The van der Waals surface area contributed by atoms with Gasteiger partial charge in [0.05, 0.1) is 23.3 Å². The van der Waals surface area contributed by atoms with Crippen LogP contribution in [0.5, 0.6) is 0 Å². The second-order valence-electron chi connectivity index (χ2n) is 11.9. The Hall–Kier alpha value is -6.48. The average Bonchev–Trinajstić information content (AvgIpc) is 3.14. The molecule has 0 radical (unpaired) electrons. The van der Waals surface area contributed by atoms with E-state index in [0.717, 1.165) is 33.0 Å². The molecule has 0 amide bonds. The van der Waals surface area contributed by atoms with E-state index in [-0.39, 0.29) is 0 Å². The van der Waals surface area contributed by atoms with Gasteiger partial charge in [-0.25, -0.2) is 0 Å². The second kappa shape index (κ2) is 10.0. The highest BCUT2D eigenvalue weighted by atomic mass is 14.3. The third-order valence-electron chi connectivity index (χ3n) is 9.51. The summed E-state index contributed by atoms with van der Waals surface area (Å²) in [5.74, 6) is 0. The Bertz CT molecular complexity index is 2560. The molecule has 0 fully saturated rings. The van der Waals surface area contributed by atoms with E-state index < -0.39 is 0 Å². The lowest BCUT2D eigenvalue weighted by Gasteiger charge is -2.15. The summed E-state index contributed by atoms with van der Waals surface area (Å²) in [7, 11) is 0. The molecule has 9 aromatic carbocycles. The first kappa shape index (κ1) is 26.0. The molecule has 0 aliphatic heterocycles. The molecule has 0 aliphatic carbocycles. The molecule has 0 aliphatic rings. The molecule has 46 heavy (non-hydrogen) atoms. The zero-order chi connectivity index (χ0) is 30.8. The number of nitrogens with zero attached hydrogens (tertiary/aromatic N) is 2. The predicted octanol–water partition coefficient (Wildman–Crippen LogP) is 11.7. The molecule has 2 heteroatoms. The molecule has 0 atom stereocenters. The number of fused-ring (bicyclic) bond motifs is 12. The van der Waals surface area contributed by atoms with Gasteiger partial charge in [-0.1, -0.05) is 121 Å². The summed E-state index contributed by atoms with van der Waals surface area (Å²) in [6.45, 7) is 0. The molecule has 0 saturated carbocycles. The van der Waals surface area contributed by atoms with Crippen LogP contribution in [0, 0.1) is 22.7 Å². The molecule has 0 spiro atoms. The van der Waals surface area contributed by atoms with Crippen LogP contribution in [0.15, 0.2) is 146 Å². The van der Waals surface area contributed by atoms with Crippen molar-refractivity contribution in [1.82, 2.24) is 0 Å². The lowest BCUT2D eigenvalue weighted by Crippen LogP contribution is -1.93. The van der Waals surface area contributed by atoms with E-state index in [1.807, 2.05) is 12.1 Å². The lowest BCUT2D eigenvalue weighted by molar-refractivity contribution is 1.44. The molecule has 0 saturated heterocycles. The Morgan fingerprint density at radius 2 is 0.543 bits per heavy atom. The van der Waals surface area contributed by atoms with Gasteiger partial charge in [0, 0.05) is 11.1 Å². The lowest BCUT2D eigenvalue weighted by atomic mass is 9.87. The maximum Gasteiger partial charge on any atom is 0.0998 e. The van der Waals surface area contributed by atoms with Gasteiger partial charge in [-0.3, -0.25) is 0 Å². The molecule has 210 valence electrons. The van der Waals surface area contributed by atoms with Crippen LogP contribution in [0.1, 0.15) is 11.1 Å². The SMILES string of the molecule is N#Cc1cc(-c2ccc3c4ccccc4c4ccccc4c3c2)c(C#N)cc1-c1ccc2c3ccccc3c3ccccc3c2c1. The van der Waals surface area contributed by atoms with Crippen molar-refractivity contribution in [1.29, 1.82) is 10.5 Å². The molecule has 0 bridgehead atoms. The summed E-state index contributed by atoms with van der Waals surface area (Å²) in [6, 6.07) is 55.5. The van der Waals surface area contributed by atoms with Crippen molar-refractivity contribution < 1.29 is 0 Å². The van der Waals surface area contributed by atoms with E-state index >= 15 is 0 Å². The molecule has 9 rings (SSSR count). The zero-order valence-corrected chi connectivity index (χ0v) is 24.8. The highest BCUT2D eigenvalue weighted by molar-refractivity contribution is 6.27. The molecule has 0 N–H and O–H groups in total. The van der Waals surface area contributed by atoms with E-state index in [9.17, 15) is 10.5 Å². The average molecular weight is 581 g/mol. The molecule has 0 aromatic heterocycles. The fourth-order valence-corrected chi connectivity index (χ4v) is 7.41. The quantitative estimate of drug-likeness (QED) is 0.191. The van der Waals surface area contributed by atoms with Crippen molar-refractivity contribution in [3.63, 3.8) is 0 Å². The third-order valence-corrected chi connectivity index (χ3v) is 9.51. The highest BCUT2D eigenvalue weighted by Gasteiger charge is 2.17. The second-order valence-corrected chi connectivity index (χ2v) is 11.9. The van der Waals surface area contributed by atoms with E-state index in [4.69, 9.17) is 0 Å². The Morgan fingerprint density at radius 3 is 0.826 bits per heavy atom. The highest BCUT2D eigenvalue weighted by Crippen LogP contribution is 2.41. The van der Waals surface area contributed by atoms with Crippen LogP contribution in [0.2, 0.25) is 0 Å². The number of benzene rings is 9. The number of rotatable bonds is 2. The smallest absolute Gasteiger partial charge is 0.0998 e. The summed E-state index contributed by atoms with van der Waals surface area (Å²) in [5.41, 5.74) is 4.45. The standard InChI is InChI=1S/C44H24N2/c45-25-29-24-42(28-18-20-40-36-14-4-2-10-32(36)34-12-6-8-16-38(34)44(40)22-28)30(26-46)23-41(29)27-17-19-39-35-13-3-1-9-31(35)33-11-5-7-15-37(33)43(39)21-27/h1-24H. The fraction of sp³-hybridized carbons (Fsp3) is 0. The number of hydrogen-bond donors (Lipinski definition) is 0. The summed E-state index contributed by atoms with van der Waals surface area (Å²) in [5, 5.41) is 35.1. The summed E-state index contributed by atoms with van der Waals surface area (Å²) < 4.78 is 0. The van der Waals surface area contributed by atoms with Gasteiger partial charge in [-0.15, -0.1) is 0 Å². The van der Waals surface area contributed by atoms with Gasteiger partial charge in [-0.05, 0) is 100 Å². The van der Waals surface area contributed by atoms with Crippen molar-refractivity contribution in [2.24, 2.45) is 0 Å². The van der Waals surface area contributed by atoms with E-state index in [0.29, 0.717) is 11.1 Å². The molecule has 0 unspecified atom stereocenters. The first-order chi connectivity index (χ1) is 22.7. The minimum atomic E-state index is 0.543. The van der Waals surface area contributed by atoms with Gasteiger partial charge in [0.25, 0.3) is 0 Å². The van der Waals surface area contributed by atoms with Crippen LogP contribution >= 0.6 is 0 Å². The molecular formula is C44H24N2. The van der Waals surface area contributed by atoms with Crippen LogP contribution in [0.25, 0.3) is 86.9 Å². The monoisotopic (exact) mass is 580 g/mol. The summed E-state index contributed by atoms with van der Waals surface area (Å²) in [4.78, 5) is 0. The number of nitriles is 2. The van der Waals surface area contributed by atoms with Crippen LogP contribution in [-0.2, 0) is 0 Å². The van der Waals surface area contributed by atoms with Crippen LogP contribution < -0.4 is 0 Å². The first-order valence-electron chi connectivity index (χ1n) is 15.4. The minimum Gasteiger partial charge on any atom is -0.192 e.